The number of nitriles is 1. The summed E-state index contributed by atoms with van der Waals surface area (Å²) in [6.07, 6.45) is 3.59. The van der Waals surface area contributed by atoms with Gasteiger partial charge in [0.05, 0.1) is 23.1 Å². The van der Waals surface area contributed by atoms with Gasteiger partial charge in [0.2, 0.25) is 0 Å². The molecule has 1 atom stereocenters. The molecule has 1 aliphatic heterocycles. The van der Waals surface area contributed by atoms with Gasteiger partial charge in [0, 0.05) is 24.5 Å². The van der Waals surface area contributed by atoms with Crippen LogP contribution in [0.3, 0.4) is 0 Å². The molecule has 2 N–H and O–H groups in total. The highest BCUT2D eigenvalue weighted by molar-refractivity contribution is 5.96. The molecule has 0 spiro atoms. The molecule has 0 saturated carbocycles. The SMILES string of the molecule is N#Cc1c(C(=O)O)c2n(c1-c1cccnc1)CCCC2O. The van der Waals surface area contributed by atoms with E-state index in [0.29, 0.717) is 29.9 Å². The number of rotatable bonds is 2. The Morgan fingerprint density at radius 3 is 2.95 bits per heavy atom. The van der Waals surface area contributed by atoms with Gasteiger partial charge in [0.1, 0.15) is 11.6 Å². The maximum atomic E-state index is 11.6. The lowest BCUT2D eigenvalue weighted by molar-refractivity contribution is 0.0682. The third-order valence-corrected chi connectivity index (χ3v) is 3.74. The number of carbonyl (C=O) groups is 1. The molecule has 6 heteroatoms. The average molecular weight is 283 g/mol. The largest absolute Gasteiger partial charge is 0.478 e. The maximum absolute atomic E-state index is 11.6. The highest BCUT2D eigenvalue weighted by Gasteiger charge is 2.33. The highest BCUT2D eigenvalue weighted by Crippen LogP contribution is 2.38. The first kappa shape index (κ1) is 13.3. The molecule has 6 nitrogen and oxygen atoms in total. The van der Waals surface area contributed by atoms with E-state index < -0.39 is 12.1 Å². The zero-order chi connectivity index (χ0) is 15.0. The van der Waals surface area contributed by atoms with Gasteiger partial charge in [-0.2, -0.15) is 5.26 Å². The molecule has 0 fully saturated rings. The number of fused-ring (bicyclic) bond motifs is 1. The molecule has 1 aliphatic rings. The van der Waals surface area contributed by atoms with E-state index in [2.05, 4.69) is 4.98 Å². The number of nitrogens with zero attached hydrogens (tertiary/aromatic N) is 3. The molecular formula is C15H13N3O3. The van der Waals surface area contributed by atoms with E-state index in [4.69, 9.17) is 0 Å². The summed E-state index contributed by atoms with van der Waals surface area (Å²) in [5.41, 5.74) is 1.52. The second-order valence-electron chi connectivity index (χ2n) is 4.95. The van der Waals surface area contributed by atoms with Crippen LogP contribution >= 0.6 is 0 Å². The third-order valence-electron chi connectivity index (χ3n) is 3.74. The number of hydrogen-bond acceptors (Lipinski definition) is 4. The fourth-order valence-corrected chi connectivity index (χ4v) is 2.92. The summed E-state index contributed by atoms with van der Waals surface area (Å²) >= 11 is 0. The molecule has 1 unspecified atom stereocenters. The van der Waals surface area contributed by atoms with E-state index in [0.717, 1.165) is 6.42 Å². The van der Waals surface area contributed by atoms with Gasteiger partial charge in [-0.25, -0.2) is 4.79 Å². The van der Waals surface area contributed by atoms with Gasteiger partial charge in [0.15, 0.2) is 0 Å². The van der Waals surface area contributed by atoms with Gasteiger partial charge < -0.3 is 14.8 Å². The summed E-state index contributed by atoms with van der Waals surface area (Å²) in [6.45, 7) is 0.582. The Labute approximate surface area is 120 Å². The summed E-state index contributed by atoms with van der Waals surface area (Å²) < 4.78 is 1.74. The molecule has 0 radical (unpaired) electrons. The van der Waals surface area contributed by atoms with Crippen molar-refractivity contribution in [1.82, 2.24) is 9.55 Å². The van der Waals surface area contributed by atoms with Crippen LogP contribution in [0.1, 0.15) is 40.6 Å². The van der Waals surface area contributed by atoms with Crippen LogP contribution in [-0.4, -0.2) is 25.7 Å². The van der Waals surface area contributed by atoms with E-state index in [9.17, 15) is 20.3 Å². The van der Waals surface area contributed by atoms with Crippen LogP contribution in [-0.2, 0) is 6.54 Å². The number of hydrogen-bond donors (Lipinski definition) is 2. The van der Waals surface area contributed by atoms with Crippen LogP contribution in [0, 0.1) is 11.3 Å². The fourth-order valence-electron chi connectivity index (χ4n) is 2.92. The first-order valence-electron chi connectivity index (χ1n) is 6.63. The average Bonchev–Trinajstić information content (AvgIpc) is 2.84. The first-order valence-corrected chi connectivity index (χ1v) is 6.63. The lowest BCUT2D eigenvalue weighted by atomic mass is 10.0. The molecule has 0 saturated heterocycles. The van der Waals surface area contributed by atoms with E-state index >= 15 is 0 Å². The number of carboxylic acids is 1. The fraction of sp³-hybridized carbons (Fsp3) is 0.267. The van der Waals surface area contributed by atoms with Crippen molar-refractivity contribution in [2.24, 2.45) is 0 Å². The number of carboxylic acid groups (broad SMARTS) is 1. The van der Waals surface area contributed by atoms with E-state index in [1.165, 1.54) is 0 Å². The van der Waals surface area contributed by atoms with E-state index in [-0.39, 0.29) is 11.1 Å². The van der Waals surface area contributed by atoms with Gasteiger partial charge in [0.25, 0.3) is 0 Å². The Bertz CT molecular complexity index is 744. The lowest BCUT2D eigenvalue weighted by Crippen LogP contribution is -2.18. The molecule has 106 valence electrons. The Balaban J connectivity index is 2.38. The minimum absolute atomic E-state index is 0.0893. The quantitative estimate of drug-likeness (QED) is 0.877. The predicted molar refractivity (Wildman–Crippen MR) is 73.5 cm³/mol. The molecule has 3 rings (SSSR count). The zero-order valence-electron chi connectivity index (χ0n) is 11.2. The van der Waals surface area contributed by atoms with Gasteiger partial charge >= 0.3 is 5.97 Å². The van der Waals surface area contributed by atoms with Crippen molar-refractivity contribution < 1.29 is 15.0 Å². The molecule has 3 heterocycles. The Kier molecular flexibility index (Phi) is 3.20. The second kappa shape index (κ2) is 5.04. The van der Waals surface area contributed by atoms with Crippen molar-refractivity contribution in [3.05, 3.63) is 41.3 Å². The normalized spacial score (nSPS) is 17.0. The van der Waals surface area contributed by atoms with Crippen molar-refractivity contribution in [2.45, 2.75) is 25.5 Å². The standard InChI is InChI=1S/C15H13N3O3/c16-7-10-12(15(20)21)14-11(19)4-2-6-18(14)13(10)9-3-1-5-17-8-9/h1,3,5,8,11,19H,2,4,6H2,(H,20,21). The number of aliphatic hydroxyl groups excluding tert-OH is 1. The molecular weight excluding hydrogens is 270 g/mol. The minimum Gasteiger partial charge on any atom is -0.478 e. The van der Waals surface area contributed by atoms with Crippen LogP contribution in [0.15, 0.2) is 24.5 Å². The van der Waals surface area contributed by atoms with E-state index in [1.54, 1.807) is 29.1 Å². The molecule has 0 aliphatic carbocycles. The van der Waals surface area contributed by atoms with Crippen LogP contribution in [0.25, 0.3) is 11.3 Å². The second-order valence-corrected chi connectivity index (χ2v) is 4.95. The van der Waals surface area contributed by atoms with Crippen LogP contribution in [0.4, 0.5) is 0 Å². The van der Waals surface area contributed by atoms with Crippen molar-refractivity contribution in [2.75, 3.05) is 0 Å². The molecule has 0 bridgehead atoms. The number of pyridine rings is 1. The van der Waals surface area contributed by atoms with Crippen LogP contribution < -0.4 is 0 Å². The van der Waals surface area contributed by atoms with Crippen molar-refractivity contribution in [3.63, 3.8) is 0 Å². The minimum atomic E-state index is -1.19. The maximum Gasteiger partial charge on any atom is 0.339 e. The smallest absolute Gasteiger partial charge is 0.339 e. The monoisotopic (exact) mass is 283 g/mol. The predicted octanol–water partition coefficient (Wildman–Crippen LogP) is 1.95. The van der Waals surface area contributed by atoms with Crippen LogP contribution in [0.2, 0.25) is 0 Å². The summed E-state index contributed by atoms with van der Waals surface area (Å²) in [7, 11) is 0. The van der Waals surface area contributed by atoms with Gasteiger partial charge in [-0.05, 0) is 25.0 Å². The summed E-state index contributed by atoms with van der Waals surface area (Å²) in [4.78, 5) is 15.6. The number of aliphatic hydroxyl groups is 1. The Morgan fingerprint density at radius 2 is 2.33 bits per heavy atom. The van der Waals surface area contributed by atoms with Gasteiger partial charge in [-0.15, -0.1) is 0 Å². The van der Waals surface area contributed by atoms with Gasteiger partial charge in [-0.3, -0.25) is 4.98 Å². The summed E-state index contributed by atoms with van der Waals surface area (Å²) in [5, 5.41) is 29.0. The Morgan fingerprint density at radius 1 is 1.52 bits per heavy atom. The molecule has 21 heavy (non-hydrogen) atoms. The summed E-state index contributed by atoms with van der Waals surface area (Å²) in [5.74, 6) is -1.19. The number of aromatic nitrogens is 2. The van der Waals surface area contributed by atoms with Gasteiger partial charge in [-0.1, -0.05) is 0 Å². The lowest BCUT2D eigenvalue weighted by Gasteiger charge is -2.23. The van der Waals surface area contributed by atoms with Crippen LogP contribution in [0.5, 0.6) is 0 Å². The van der Waals surface area contributed by atoms with Crippen molar-refractivity contribution >= 4 is 5.97 Å². The summed E-state index contributed by atoms with van der Waals surface area (Å²) in [6, 6.07) is 5.49. The molecule has 0 aromatic carbocycles. The van der Waals surface area contributed by atoms with Crippen molar-refractivity contribution in [3.8, 4) is 17.3 Å². The number of aromatic carboxylic acids is 1. The zero-order valence-corrected chi connectivity index (χ0v) is 11.2. The third kappa shape index (κ3) is 1.99. The first-order chi connectivity index (χ1) is 10.1. The molecule has 2 aromatic heterocycles. The highest BCUT2D eigenvalue weighted by atomic mass is 16.4. The van der Waals surface area contributed by atoms with E-state index in [1.807, 2.05) is 6.07 Å². The van der Waals surface area contributed by atoms with Crippen molar-refractivity contribution in [1.29, 1.82) is 5.26 Å². The Hall–Kier alpha value is -2.65. The topological polar surface area (TPSA) is 99.1 Å². The molecule has 0 amide bonds. The molecule has 2 aromatic rings.